The Balaban J connectivity index is 1.84. The first-order valence-electron chi connectivity index (χ1n) is 7.40. The zero-order chi connectivity index (χ0) is 16.8. The first-order valence-corrected chi connectivity index (χ1v) is 9.22. The predicted molar refractivity (Wildman–Crippen MR) is 92.5 cm³/mol. The minimum atomic E-state index is -0.795. The molecule has 0 saturated heterocycles. The molecule has 1 unspecified atom stereocenters. The van der Waals surface area contributed by atoms with Crippen LogP contribution in [0.3, 0.4) is 0 Å². The van der Waals surface area contributed by atoms with E-state index < -0.39 is 12.1 Å². The molecule has 0 aliphatic rings. The number of hydrogen-bond donors (Lipinski definition) is 1. The van der Waals surface area contributed by atoms with Crippen molar-refractivity contribution in [3.63, 3.8) is 0 Å². The first-order chi connectivity index (χ1) is 11.0. The van der Waals surface area contributed by atoms with Gasteiger partial charge in [0.1, 0.15) is 5.01 Å². The third kappa shape index (κ3) is 5.44. The maximum absolute atomic E-state index is 11.9. The largest absolute Gasteiger partial charge is 0.452 e. The van der Waals surface area contributed by atoms with Crippen molar-refractivity contribution in [1.29, 1.82) is 0 Å². The summed E-state index contributed by atoms with van der Waals surface area (Å²) in [4.78, 5) is 28.1. The fourth-order valence-corrected chi connectivity index (χ4v) is 3.33. The van der Waals surface area contributed by atoms with Crippen molar-refractivity contribution in [2.45, 2.75) is 33.3 Å². The summed E-state index contributed by atoms with van der Waals surface area (Å²) in [5, 5.41) is 9.48. The number of nitrogens with zero attached hydrogens (tertiary/aromatic N) is 1. The van der Waals surface area contributed by atoms with Gasteiger partial charge in [-0.25, -0.2) is 4.98 Å². The Hall–Kier alpha value is -1.73. The number of amides is 1. The van der Waals surface area contributed by atoms with E-state index in [0.29, 0.717) is 18.2 Å². The van der Waals surface area contributed by atoms with E-state index in [1.54, 1.807) is 18.3 Å². The molecule has 5 nitrogen and oxygen atoms in total. The Kier molecular flexibility index (Phi) is 6.29. The fourth-order valence-electron chi connectivity index (χ4n) is 1.80. The van der Waals surface area contributed by atoms with Crippen LogP contribution in [0, 0.1) is 5.92 Å². The monoisotopic (exact) mass is 352 g/mol. The second-order valence-electron chi connectivity index (χ2n) is 5.60. The van der Waals surface area contributed by atoms with Crippen LogP contribution in [0.4, 0.5) is 0 Å². The smallest absolute Gasteiger partial charge is 0.312 e. The number of aromatic nitrogens is 1. The van der Waals surface area contributed by atoms with Crippen LogP contribution >= 0.6 is 22.7 Å². The third-order valence-electron chi connectivity index (χ3n) is 3.01. The van der Waals surface area contributed by atoms with Gasteiger partial charge in [-0.3, -0.25) is 9.59 Å². The second kappa shape index (κ2) is 8.21. The van der Waals surface area contributed by atoms with Crippen LogP contribution in [0.15, 0.2) is 22.2 Å². The lowest BCUT2D eigenvalue weighted by Gasteiger charge is -2.14. The topological polar surface area (TPSA) is 68.3 Å². The number of carbonyl (C=O) groups excluding carboxylic acids is 2. The standard InChI is InChI=1S/C16H20N2O3S2/c1-10(2)7-17-15(20)11(3)21-14(19)6-13-9-23-16(18-13)12-4-5-22-8-12/h4-5,8-11H,6-7H2,1-3H3,(H,17,20). The lowest BCUT2D eigenvalue weighted by Crippen LogP contribution is -2.37. The van der Waals surface area contributed by atoms with E-state index in [1.807, 2.05) is 36.1 Å². The van der Waals surface area contributed by atoms with E-state index in [1.165, 1.54) is 11.3 Å². The van der Waals surface area contributed by atoms with E-state index >= 15 is 0 Å². The lowest BCUT2D eigenvalue weighted by atomic mass is 10.2. The average molecular weight is 352 g/mol. The van der Waals surface area contributed by atoms with Crippen LogP contribution in [0.1, 0.15) is 26.5 Å². The van der Waals surface area contributed by atoms with Crippen LogP contribution in [0.5, 0.6) is 0 Å². The van der Waals surface area contributed by atoms with E-state index in [9.17, 15) is 9.59 Å². The lowest BCUT2D eigenvalue weighted by molar-refractivity contribution is -0.154. The van der Waals surface area contributed by atoms with Gasteiger partial charge in [-0.05, 0) is 24.3 Å². The molecule has 1 amide bonds. The summed E-state index contributed by atoms with van der Waals surface area (Å²) in [6, 6.07) is 1.99. The minimum absolute atomic E-state index is 0.0719. The zero-order valence-electron chi connectivity index (χ0n) is 13.4. The molecule has 124 valence electrons. The highest BCUT2D eigenvalue weighted by molar-refractivity contribution is 7.14. The first kappa shape index (κ1) is 17.6. The second-order valence-corrected chi connectivity index (χ2v) is 7.24. The summed E-state index contributed by atoms with van der Waals surface area (Å²) < 4.78 is 5.16. The molecule has 1 atom stereocenters. The Bertz CT molecular complexity index is 650. The summed E-state index contributed by atoms with van der Waals surface area (Å²) >= 11 is 3.10. The quantitative estimate of drug-likeness (QED) is 0.778. The van der Waals surface area contributed by atoms with E-state index in [4.69, 9.17) is 4.74 Å². The van der Waals surface area contributed by atoms with Gasteiger partial charge >= 0.3 is 5.97 Å². The van der Waals surface area contributed by atoms with Crippen molar-refractivity contribution in [3.05, 3.63) is 27.9 Å². The Labute approximate surface area is 143 Å². The molecule has 0 radical (unpaired) electrons. The van der Waals surface area contributed by atoms with Crippen LogP contribution in [-0.4, -0.2) is 29.5 Å². The zero-order valence-corrected chi connectivity index (χ0v) is 15.0. The van der Waals surface area contributed by atoms with Gasteiger partial charge in [0.05, 0.1) is 12.1 Å². The summed E-state index contributed by atoms with van der Waals surface area (Å²) in [6.07, 6.45) is -0.723. The maximum Gasteiger partial charge on any atom is 0.312 e. The highest BCUT2D eigenvalue weighted by atomic mass is 32.1. The molecule has 2 aromatic rings. The maximum atomic E-state index is 11.9. The van der Waals surface area contributed by atoms with Gasteiger partial charge in [-0.15, -0.1) is 11.3 Å². The molecule has 2 rings (SSSR count). The van der Waals surface area contributed by atoms with Gasteiger partial charge < -0.3 is 10.1 Å². The van der Waals surface area contributed by atoms with Crippen molar-refractivity contribution in [2.75, 3.05) is 6.54 Å². The number of nitrogens with one attached hydrogen (secondary N) is 1. The number of thiazole rings is 1. The predicted octanol–water partition coefficient (Wildman–Crippen LogP) is 3.12. The van der Waals surface area contributed by atoms with Crippen LogP contribution in [0.25, 0.3) is 10.6 Å². The molecule has 1 N–H and O–H groups in total. The van der Waals surface area contributed by atoms with Crippen molar-refractivity contribution in [1.82, 2.24) is 10.3 Å². The molecule has 0 spiro atoms. The Morgan fingerprint density at radius 3 is 2.74 bits per heavy atom. The molecule has 7 heteroatoms. The SMILES string of the molecule is CC(C)CNC(=O)C(C)OC(=O)Cc1csc(-c2ccsc2)n1. The molecule has 0 fully saturated rings. The van der Waals surface area contributed by atoms with E-state index in [2.05, 4.69) is 10.3 Å². The van der Waals surface area contributed by atoms with Gasteiger partial charge in [0.15, 0.2) is 6.10 Å². The average Bonchev–Trinajstić information content (AvgIpc) is 3.15. The van der Waals surface area contributed by atoms with Gasteiger partial charge in [-0.1, -0.05) is 13.8 Å². The number of carbonyl (C=O) groups is 2. The highest BCUT2D eigenvalue weighted by Gasteiger charge is 2.19. The van der Waals surface area contributed by atoms with Crippen LogP contribution in [0.2, 0.25) is 0 Å². The number of thiophene rings is 1. The van der Waals surface area contributed by atoms with Gasteiger partial charge in [0, 0.05) is 22.9 Å². The summed E-state index contributed by atoms with van der Waals surface area (Å²) in [7, 11) is 0. The number of rotatable bonds is 7. The molecule has 0 saturated carbocycles. The molecule has 2 aromatic heterocycles. The molecule has 0 aliphatic heterocycles. The molecular formula is C16H20N2O3S2. The van der Waals surface area contributed by atoms with Crippen molar-refractivity contribution in [3.8, 4) is 10.6 Å². The molecule has 0 aliphatic carbocycles. The normalized spacial score (nSPS) is 12.2. The summed E-state index contributed by atoms with van der Waals surface area (Å²) in [6.45, 7) is 6.15. The van der Waals surface area contributed by atoms with Crippen LogP contribution < -0.4 is 5.32 Å². The molecule has 0 bridgehead atoms. The number of esters is 1. The van der Waals surface area contributed by atoms with E-state index in [0.717, 1.165) is 10.6 Å². The Morgan fingerprint density at radius 1 is 1.30 bits per heavy atom. The Morgan fingerprint density at radius 2 is 2.09 bits per heavy atom. The van der Waals surface area contributed by atoms with Crippen LogP contribution in [-0.2, 0) is 20.7 Å². The van der Waals surface area contributed by atoms with Gasteiger partial charge in [0.2, 0.25) is 0 Å². The summed E-state index contributed by atoms with van der Waals surface area (Å²) in [5.74, 6) is -0.365. The molecular weight excluding hydrogens is 332 g/mol. The third-order valence-corrected chi connectivity index (χ3v) is 4.63. The van der Waals surface area contributed by atoms with Gasteiger partial charge in [-0.2, -0.15) is 11.3 Å². The number of hydrogen-bond acceptors (Lipinski definition) is 6. The highest BCUT2D eigenvalue weighted by Crippen LogP contribution is 2.25. The van der Waals surface area contributed by atoms with Crippen molar-refractivity contribution in [2.24, 2.45) is 5.92 Å². The fraction of sp³-hybridized carbons (Fsp3) is 0.438. The van der Waals surface area contributed by atoms with E-state index in [-0.39, 0.29) is 12.3 Å². The minimum Gasteiger partial charge on any atom is -0.452 e. The van der Waals surface area contributed by atoms with Crippen molar-refractivity contribution >= 4 is 34.6 Å². The molecule has 23 heavy (non-hydrogen) atoms. The van der Waals surface area contributed by atoms with Crippen molar-refractivity contribution < 1.29 is 14.3 Å². The summed E-state index contributed by atoms with van der Waals surface area (Å²) in [5.41, 5.74) is 1.72. The number of ether oxygens (including phenoxy) is 1. The molecule has 2 heterocycles. The molecule has 0 aromatic carbocycles. The van der Waals surface area contributed by atoms with Gasteiger partial charge in [0.25, 0.3) is 5.91 Å².